The zero-order valence-corrected chi connectivity index (χ0v) is 12.3. The molecule has 1 heterocycles. The summed E-state index contributed by atoms with van der Waals surface area (Å²) in [7, 11) is 0. The Morgan fingerprint density at radius 1 is 1.20 bits per heavy atom. The maximum Gasteiger partial charge on any atom is 0.311 e. The van der Waals surface area contributed by atoms with Crippen molar-refractivity contribution in [3.63, 3.8) is 0 Å². The molecule has 0 atom stereocenters. The smallest absolute Gasteiger partial charge is 0.311 e. The highest BCUT2D eigenvalue weighted by molar-refractivity contribution is 5.94. The van der Waals surface area contributed by atoms with Crippen LogP contribution in [0.1, 0.15) is 43.7 Å². The lowest BCUT2D eigenvalue weighted by Crippen LogP contribution is -2.57. The van der Waals surface area contributed by atoms with Crippen LogP contribution >= 0.6 is 0 Å². The summed E-state index contributed by atoms with van der Waals surface area (Å²) < 4.78 is 0. The molecule has 6 heteroatoms. The topological polar surface area (TPSA) is 99.3 Å². The molecule has 0 saturated carbocycles. The van der Waals surface area contributed by atoms with Crippen molar-refractivity contribution in [1.82, 2.24) is 10.3 Å². The molecule has 0 radical (unpaired) electrons. The fraction of sp³-hybridized carbons (Fsp3) is 0.500. The Hall–Kier alpha value is -2.11. The normalized spacial score (nSPS) is 12.1. The van der Waals surface area contributed by atoms with Crippen molar-refractivity contribution in [2.75, 3.05) is 0 Å². The average Bonchev–Trinajstić information content (AvgIpc) is 2.27. The molecule has 6 nitrogen and oxygen atoms in total. The SMILES string of the molecule is Cc1ccc(C(=O)NC(C)(C)C(C)(C)C(=O)O)c(=O)[nH]1. The average molecular weight is 280 g/mol. The fourth-order valence-electron chi connectivity index (χ4n) is 1.53. The van der Waals surface area contributed by atoms with Gasteiger partial charge in [0.2, 0.25) is 0 Å². The molecule has 0 aliphatic carbocycles. The van der Waals surface area contributed by atoms with E-state index in [-0.39, 0.29) is 5.56 Å². The van der Waals surface area contributed by atoms with Gasteiger partial charge in [-0.25, -0.2) is 0 Å². The van der Waals surface area contributed by atoms with Crippen molar-refractivity contribution in [1.29, 1.82) is 0 Å². The molecule has 1 amide bonds. The quantitative estimate of drug-likeness (QED) is 0.774. The van der Waals surface area contributed by atoms with Crippen molar-refractivity contribution < 1.29 is 14.7 Å². The third-order valence-electron chi connectivity index (χ3n) is 3.82. The molecule has 1 aromatic heterocycles. The number of H-pyrrole nitrogens is 1. The molecule has 0 aromatic carbocycles. The number of carboxylic acids is 1. The number of pyridine rings is 1. The van der Waals surface area contributed by atoms with Crippen LogP contribution in [-0.2, 0) is 4.79 Å². The van der Waals surface area contributed by atoms with Crippen LogP contribution in [-0.4, -0.2) is 27.5 Å². The summed E-state index contributed by atoms with van der Waals surface area (Å²) in [5.41, 5.74) is -2.08. The molecule has 1 aromatic rings. The van der Waals surface area contributed by atoms with Gasteiger partial charge < -0.3 is 15.4 Å². The molecule has 3 N–H and O–H groups in total. The Morgan fingerprint density at radius 2 is 1.75 bits per heavy atom. The van der Waals surface area contributed by atoms with Crippen molar-refractivity contribution in [2.24, 2.45) is 5.41 Å². The maximum absolute atomic E-state index is 12.1. The Labute approximate surface area is 117 Å². The highest BCUT2D eigenvalue weighted by Gasteiger charge is 2.44. The number of aromatic amines is 1. The number of rotatable bonds is 4. The summed E-state index contributed by atoms with van der Waals surface area (Å²) in [5.74, 6) is -1.62. The van der Waals surface area contributed by atoms with E-state index in [0.717, 1.165) is 0 Å². The van der Waals surface area contributed by atoms with Gasteiger partial charge >= 0.3 is 5.97 Å². The maximum atomic E-state index is 12.1. The standard InChI is InChI=1S/C14H20N2O4/c1-8-6-7-9(10(17)15-8)11(18)16-14(4,5)13(2,3)12(19)20/h6-7H,1-5H3,(H,15,17)(H,16,18)(H,19,20). The van der Waals surface area contributed by atoms with Crippen LogP contribution in [0.5, 0.6) is 0 Å². The number of aliphatic carboxylic acids is 1. The number of carbonyl (C=O) groups is 2. The van der Waals surface area contributed by atoms with Gasteiger partial charge in [-0.15, -0.1) is 0 Å². The molecular weight excluding hydrogens is 260 g/mol. The number of hydrogen-bond acceptors (Lipinski definition) is 3. The first-order valence-electron chi connectivity index (χ1n) is 6.25. The van der Waals surface area contributed by atoms with E-state index in [1.54, 1.807) is 26.8 Å². The minimum atomic E-state index is -1.18. The van der Waals surface area contributed by atoms with Gasteiger partial charge in [0.15, 0.2) is 0 Å². The van der Waals surface area contributed by atoms with Gasteiger partial charge in [-0.2, -0.15) is 0 Å². The highest BCUT2D eigenvalue weighted by Crippen LogP contribution is 2.30. The first kappa shape index (κ1) is 15.9. The second-order valence-corrected chi connectivity index (χ2v) is 5.89. The zero-order chi connectivity index (χ0) is 15.7. The van der Waals surface area contributed by atoms with Crippen LogP contribution in [0.4, 0.5) is 0 Å². The van der Waals surface area contributed by atoms with Gasteiger partial charge in [0.25, 0.3) is 11.5 Å². The zero-order valence-electron chi connectivity index (χ0n) is 12.3. The van der Waals surface area contributed by atoms with E-state index in [0.29, 0.717) is 5.69 Å². The van der Waals surface area contributed by atoms with E-state index in [1.165, 1.54) is 19.9 Å². The molecular formula is C14H20N2O4. The van der Waals surface area contributed by atoms with Crippen molar-refractivity contribution >= 4 is 11.9 Å². The van der Waals surface area contributed by atoms with E-state index < -0.39 is 28.4 Å². The van der Waals surface area contributed by atoms with Gasteiger partial charge in [-0.3, -0.25) is 14.4 Å². The molecule has 0 fully saturated rings. The van der Waals surface area contributed by atoms with E-state index >= 15 is 0 Å². The second kappa shape index (κ2) is 5.11. The molecule has 110 valence electrons. The molecule has 20 heavy (non-hydrogen) atoms. The first-order valence-corrected chi connectivity index (χ1v) is 6.25. The molecule has 1 rings (SSSR count). The van der Waals surface area contributed by atoms with E-state index in [2.05, 4.69) is 10.3 Å². The number of carbonyl (C=O) groups excluding carboxylic acids is 1. The molecule has 0 unspecified atom stereocenters. The Morgan fingerprint density at radius 3 is 2.20 bits per heavy atom. The third kappa shape index (κ3) is 2.89. The number of amides is 1. The molecule has 0 aliphatic heterocycles. The van der Waals surface area contributed by atoms with Crippen molar-refractivity contribution in [3.05, 3.63) is 33.7 Å². The van der Waals surface area contributed by atoms with Gasteiger partial charge in [0, 0.05) is 5.69 Å². The molecule has 0 saturated heterocycles. The van der Waals surface area contributed by atoms with E-state index in [1.807, 2.05) is 0 Å². The van der Waals surface area contributed by atoms with E-state index in [9.17, 15) is 19.5 Å². The minimum Gasteiger partial charge on any atom is -0.481 e. The lowest BCUT2D eigenvalue weighted by atomic mass is 9.74. The summed E-state index contributed by atoms with van der Waals surface area (Å²) in [5, 5.41) is 11.8. The summed E-state index contributed by atoms with van der Waals surface area (Å²) in [4.78, 5) is 37.7. The predicted molar refractivity (Wildman–Crippen MR) is 74.8 cm³/mol. The van der Waals surface area contributed by atoms with Crippen LogP contribution in [0.3, 0.4) is 0 Å². The highest BCUT2D eigenvalue weighted by atomic mass is 16.4. The summed E-state index contributed by atoms with van der Waals surface area (Å²) in [6.45, 7) is 7.98. The summed E-state index contributed by atoms with van der Waals surface area (Å²) >= 11 is 0. The van der Waals surface area contributed by atoms with Gasteiger partial charge in [-0.1, -0.05) is 0 Å². The van der Waals surface area contributed by atoms with E-state index in [4.69, 9.17) is 0 Å². The Kier molecular flexibility index (Phi) is 4.07. The molecule has 0 spiro atoms. The number of carboxylic acid groups (broad SMARTS) is 1. The van der Waals surface area contributed by atoms with Crippen molar-refractivity contribution in [3.8, 4) is 0 Å². The van der Waals surface area contributed by atoms with Crippen LogP contribution < -0.4 is 10.9 Å². The number of aryl methyl sites for hydroxylation is 1. The van der Waals surface area contributed by atoms with Gasteiger partial charge in [-0.05, 0) is 46.8 Å². The summed E-state index contributed by atoms with van der Waals surface area (Å²) in [6.07, 6.45) is 0. The fourth-order valence-corrected chi connectivity index (χ4v) is 1.53. The van der Waals surface area contributed by atoms with Crippen LogP contribution in [0, 0.1) is 12.3 Å². The predicted octanol–water partition coefficient (Wildman–Crippen LogP) is 1.30. The lowest BCUT2D eigenvalue weighted by Gasteiger charge is -2.38. The third-order valence-corrected chi connectivity index (χ3v) is 3.82. The summed E-state index contributed by atoms with van der Waals surface area (Å²) in [6, 6.07) is 3.04. The molecule has 0 bridgehead atoms. The van der Waals surface area contributed by atoms with Gasteiger partial charge in [0.1, 0.15) is 5.56 Å². The number of aromatic nitrogens is 1. The second-order valence-electron chi connectivity index (χ2n) is 5.89. The van der Waals surface area contributed by atoms with Crippen LogP contribution in [0.2, 0.25) is 0 Å². The molecule has 0 aliphatic rings. The Bertz CT molecular complexity index is 599. The number of nitrogens with one attached hydrogen (secondary N) is 2. The number of hydrogen-bond donors (Lipinski definition) is 3. The lowest BCUT2D eigenvalue weighted by molar-refractivity contribution is -0.150. The van der Waals surface area contributed by atoms with Crippen LogP contribution in [0.25, 0.3) is 0 Å². The minimum absolute atomic E-state index is 0.0372. The van der Waals surface area contributed by atoms with Crippen LogP contribution in [0.15, 0.2) is 16.9 Å². The van der Waals surface area contributed by atoms with Gasteiger partial charge in [0.05, 0.1) is 11.0 Å². The Balaban J connectivity index is 3.07. The van der Waals surface area contributed by atoms with Crippen molar-refractivity contribution in [2.45, 2.75) is 40.2 Å². The first-order chi connectivity index (χ1) is 8.99. The largest absolute Gasteiger partial charge is 0.481 e. The monoisotopic (exact) mass is 280 g/mol.